The Labute approximate surface area is 293 Å². The Morgan fingerprint density at radius 1 is 0.980 bits per heavy atom. The number of nitrogens with one attached hydrogen (secondary N) is 1. The summed E-state index contributed by atoms with van der Waals surface area (Å²) >= 11 is 6.06. The average Bonchev–Trinajstić information content (AvgIpc) is 3.60. The van der Waals surface area contributed by atoms with E-state index < -0.39 is 35.9 Å². The van der Waals surface area contributed by atoms with E-state index in [9.17, 15) is 33.0 Å². The molecule has 13 heteroatoms. The van der Waals surface area contributed by atoms with Gasteiger partial charge in [-0.3, -0.25) is 9.59 Å². The minimum atomic E-state index is -5.06. The summed E-state index contributed by atoms with van der Waals surface area (Å²) in [6.07, 6.45) is -5.09. The van der Waals surface area contributed by atoms with E-state index in [-0.39, 0.29) is 37.7 Å². The van der Waals surface area contributed by atoms with Gasteiger partial charge in [0, 0.05) is 48.4 Å². The number of carbonyl (C=O) groups is 2. The number of aliphatic hydroxyl groups is 2. The highest BCUT2D eigenvalue weighted by molar-refractivity contribution is 6.30. The van der Waals surface area contributed by atoms with Crippen molar-refractivity contribution >= 4 is 29.1 Å². The zero-order valence-electron chi connectivity index (χ0n) is 27.6. The van der Waals surface area contributed by atoms with Crippen molar-refractivity contribution in [3.05, 3.63) is 100 Å². The third-order valence-electron chi connectivity index (χ3n) is 10.1. The number of carbonyl (C=O) groups excluding carboxylic acids is 2. The number of rotatable bonds is 8. The molecule has 3 saturated heterocycles. The molecule has 5 atom stereocenters. The van der Waals surface area contributed by atoms with E-state index in [1.165, 1.54) is 0 Å². The topological polar surface area (TPSA) is 112 Å². The largest absolute Gasteiger partial charge is 0.471 e. The Hall–Kier alpha value is -3.52. The van der Waals surface area contributed by atoms with Crippen LogP contribution < -0.4 is 5.32 Å². The van der Waals surface area contributed by atoms with Gasteiger partial charge in [0.1, 0.15) is 6.04 Å². The van der Waals surface area contributed by atoms with Gasteiger partial charge in [-0.25, -0.2) is 0 Å². The quantitative estimate of drug-likeness (QED) is 0.259. The summed E-state index contributed by atoms with van der Waals surface area (Å²) in [5, 5.41) is 24.3. The van der Waals surface area contributed by atoms with E-state index in [0.29, 0.717) is 60.1 Å². The Balaban J connectivity index is 1.19. The summed E-state index contributed by atoms with van der Waals surface area (Å²) in [6, 6.07) is 20.4. The lowest BCUT2D eigenvalue weighted by molar-refractivity contribution is -0.277. The van der Waals surface area contributed by atoms with Crippen LogP contribution >= 0.6 is 11.6 Å². The van der Waals surface area contributed by atoms with Crippen LogP contribution in [0.25, 0.3) is 0 Å². The second-order valence-corrected chi connectivity index (χ2v) is 13.9. The van der Waals surface area contributed by atoms with Crippen molar-refractivity contribution in [3.63, 3.8) is 0 Å². The van der Waals surface area contributed by atoms with Crippen LogP contribution in [0.4, 0.5) is 18.9 Å². The molecule has 268 valence electrons. The molecule has 0 saturated carbocycles. The number of nitrogens with zero attached hydrogens (tertiary/aromatic N) is 2. The molecule has 0 aromatic heterocycles. The fourth-order valence-electron chi connectivity index (χ4n) is 7.17. The molecule has 0 unspecified atom stereocenters. The number of alkyl halides is 3. The minimum Gasteiger partial charge on any atom is -0.392 e. The number of amides is 2. The molecule has 3 aromatic rings. The van der Waals surface area contributed by atoms with Gasteiger partial charge in [0.15, 0.2) is 6.29 Å². The molecule has 6 rings (SSSR count). The van der Waals surface area contributed by atoms with Gasteiger partial charge in [-0.05, 0) is 66.6 Å². The predicted octanol–water partition coefficient (Wildman–Crippen LogP) is 6.10. The lowest BCUT2D eigenvalue weighted by atomic mass is 9.84. The number of anilines is 1. The van der Waals surface area contributed by atoms with Crippen LogP contribution in [-0.2, 0) is 31.3 Å². The summed E-state index contributed by atoms with van der Waals surface area (Å²) in [5.41, 5.74) is 2.49. The number of likely N-dealkylation sites (tertiary alicyclic amines) is 2. The summed E-state index contributed by atoms with van der Waals surface area (Å²) < 4.78 is 52.7. The summed E-state index contributed by atoms with van der Waals surface area (Å²) in [7, 11) is 0. The van der Waals surface area contributed by atoms with E-state index >= 15 is 0 Å². The first kappa shape index (κ1) is 36.3. The van der Waals surface area contributed by atoms with Gasteiger partial charge < -0.3 is 34.8 Å². The van der Waals surface area contributed by atoms with Crippen molar-refractivity contribution < 1.29 is 42.4 Å². The zero-order chi connectivity index (χ0) is 35.6. The van der Waals surface area contributed by atoms with E-state index in [2.05, 4.69) is 17.1 Å². The maximum atomic E-state index is 13.2. The number of benzene rings is 3. The van der Waals surface area contributed by atoms with Crippen molar-refractivity contribution in [2.75, 3.05) is 31.5 Å². The van der Waals surface area contributed by atoms with Crippen LogP contribution in [0.3, 0.4) is 0 Å². The second-order valence-electron chi connectivity index (χ2n) is 13.4. The van der Waals surface area contributed by atoms with Crippen molar-refractivity contribution in [2.24, 2.45) is 5.92 Å². The standard InChI is InChI=1S/C37H41ClF3N3O6/c1-23-31(21-43-18-15-36(48,16-19-43)27-11-13-28(38)14-12-27)49-34(50-32(23)25-9-7-24(22-45)8-10-25)26-4-2-5-29(20-26)42-33(46)30-6-3-17-44(30)35(47)37(39,40)41/h2,4-5,7-14,20,23,30-32,34,45,48H,3,6,15-19,21-22H2,1H3,(H,42,46)/t23-,30-,31+,32+,34+/m0/s1. The number of hydrogen-bond acceptors (Lipinski definition) is 7. The first-order chi connectivity index (χ1) is 23.8. The molecular formula is C37H41ClF3N3O6. The first-order valence-electron chi connectivity index (χ1n) is 16.8. The van der Waals surface area contributed by atoms with Crippen LogP contribution in [0.1, 0.15) is 67.3 Å². The van der Waals surface area contributed by atoms with Crippen LogP contribution in [-0.4, -0.2) is 76.3 Å². The molecule has 3 aliphatic rings. The molecule has 3 fully saturated rings. The van der Waals surface area contributed by atoms with E-state index in [1.54, 1.807) is 36.4 Å². The fourth-order valence-corrected chi connectivity index (χ4v) is 7.30. The van der Waals surface area contributed by atoms with Gasteiger partial charge in [-0.15, -0.1) is 0 Å². The molecule has 0 bridgehead atoms. The molecule has 50 heavy (non-hydrogen) atoms. The van der Waals surface area contributed by atoms with Crippen LogP contribution in [0, 0.1) is 5.92 Å². The van der Waals surface area contributed by atoms with E-state index in [1.807, 2.05) is 36.4 Å². The molecule has 0 aliphatic carbocycles. The maximum Gasteiger partial charge on any atom is 0.471 e. The van der Waals surface area contributed by atoms with E-state index in [4.69, 9.17) is 21.1 Å². The molecule has 2 amide bonds. The molecule has 3 N–H and O–H groups in total. The fraction of sp³-hybridized carbons (Fsp3) is 0.459. The van der Waals surface area contributed by atoms with Gasteiger partial charge in [0.05, 0.1) is 24.4 Å². The second kappa shape index (κ2) is 15.0. The molecule has 0 radical (unpaired) electrons. The Morgan fingerprint density at radius 3 is 2.34 bits per heavy atom. The van der Waals surface area contributed by atoms with Crippen molar-refractivity contribution in [2.45, 2.75) is 75.5 Å². The molecule has 0 spiro atoms. The number of hydrogen-bond donors (Lipinski definition) is 3. The van der Waals surface area contributed by atoms with Crippen LogP contribution in [0.5, 0.6) is 0 Å². The van der Waals surface area contributed by atoms with Crippen LogP contribution in [0.2, 0.25) is 5.02 Å². The first-order valence-corrected chi connectivity index (χ1v) is 17.2. The third-order valence-corrected chi connectivity index (χ3v) is 10.4. The highest BCUT2D eigenvalue weighted by Gasteiger charge is 2.48. The Morgan fingerprint density at radius 2 is 1.68 bits per heavy atom. The molecule has 9 nitrogen and oxygen atoms in total. The molecule has 3 aromatic carbocycles. The molecule has 3 aliphatic heterocycles. The molecular weight excluding hydrogens is 675 g/mol. The predicted molar refractivity (Wildman–Crippen MR) is 180 cm³/mol. The number of aliphatic hydroxyl groups excluding tert-OH is 1. The van der Waals surface area contributed by atoms with E-state index in [0.717, 1.165) is 16.7 Å². The minimum absolute atomic E-state index is 0.0887. The summed E-state index contributed by atoms with van der Waals surface area (Å²) in [6.45, 7) is 3.69. The lowest BCUT2D eigenvalue weighted by Crippen LogP contribution is -2.49. The smallest absolute Gasteiger partial charge is 0.392 e. The lowest BCUT2D eigenvalue weighted by Gasteiger charge is -2.45. The summed E-state index contributed by atoms with van der Waals surface area (Å²) in [5.74, 6) is -2.81. The van der Waals surface area contributed by atoms with Crippen molar-refractivity contribution in [1.82, 2.24) is 9.80 Å². The number of halogens is 4. The monoisotopic (exact) mass is 715 g/mol. The third kappa shape index (κ3) is 8.01. The van der Waals surface area contributed by atoms with Gasteiger partial charge in [-0.1, -0.05) is 67.1 Å². The van der Waals surface area contributed by atoms with Crippen LogP contribution in [0.15, 0.2) is 72.8 Å². The highest BCUT2D eigenvalue weighted by Crippen LogP contribution is 2.43. The SMILES string of the molecule is C[C@H]1[C@@H](CN2CCC(O)(c3ccc(Cl)cc3)CC2)O[C@@H](c2cccc(NC(=O)[C@@H]3CCCN3C(=O)C(F)(F)F)c2)O[C@H]1c1ccc(CO)cc1. The van der Waals surface area contributed by atoms with Gasteiger partial charge >= 0.3 is 12.1 Å². The highest BCUT2D eigenvalue weighted by atomic mass is 35.5. The van der Waals surface area contributed by atoms with Crippen molar-refractivity contribution in [3.8, 4) is 0 Å². The Bertz CT molecular complexity index is 1650. The van der Waals surface area contributed by atoms with Gasteiger partial charge in [0.2, 0.25) is 5.91 Å². The average molecular weight is 716 g/mol. The molecule has 3 heterocycles. The van der Waals surface area contributed by atoms with Gasteiger partial charge in [-0.2, -0.15) is 13.2 Å². The Kier molecular flexibility index (Phi) is 10.9. The van der Waals surface area contributed by atoms with Crippen molar-refractivity contribution in [1.29, 1.82) is 0 Å². The normalized spacial score (nSPS) is 25.7. The zero-order valence-corrected chi connectivity index (χ0v) is 28.4. The maximum absolute atomic E-state index is 13.2. The number of ether oxygens (including phenoxy) is 2. The van der Waals surface area contributed by atoms with Gasteiger partial charge in [0.25, 0.3) is 0 Å². The summed E-state index contributed by atoms with van der Waals surface area (Å²) in [4.78, 5) is 27.9. The number of piperidine rings is 1.